The maximum absolute atomic E-state index is 13.8. The lowest BCUT2D eigenvalue weighted by Gasteiger charge is -2.13. The van der Waals surface area contributed by atoms with Crippen LogP contribution < -0.4 is 10.1 Å². The van der Waals surface area contributed by atoms with E-state index in [9.17, 15) is 14.4 Å². The zero-order valence-corrected chi connectivity index (χ0v) is 18.7. The molecule has 0 aromatic heterocycles. The molecule has 0 atom stereocenters. The van der Waals surface area contributed by atoms with Crippen molar-refractivity contribution in [2.75, 3.05) is 5.32 Å². The molecule has 7 heteroatoms. The highest BCUT2D eigenvalue weighted by atomic mass is 79.9. The van der Waals surface area contributed by atoms with Crippen molar-refractivity contribution in [3.05, 3.63) is 98.2 Å². The minimum Gasteiger partial charge on any atom is -0.487 e. The van der Waals surface area contributed by atoms with Crippen LogP contribution in [-0.4, -0.2) is 5.91 Å². The van der Waals surface area contributed by atoms with Crippen molar-refractivity contribution < 1.29 is 13.9 Å². The minimum absolute atomic E-state index is 0.000348. The number of nitrogens with zero attached hydrogens (tertiary/aromatic N) is 1. The molecule has 0 saturated heterocycles. The van der Waals surface area contributed by atoms with Gasteiger partial charge in [0.2, 0.25) is 0 Å². The predicted molar refractivity (Wildman–Crippen MR) is 121 cm³/mol. The van der Waals surface area contributed by atoms with Crippen molar-refractivity contribution >= 4 is 49.5 Å². The van der Waals surface area contributed by atoms with Gasteiger partial charge in [-0.15, -0.1) is 0 Å². The number of ether oxygens (including phenoxy) is 1. The fraction of sp³-hybridized carbons (Fsp3) is 0.0435. The van der Waals surface area contributed by atoms with Crippen LogP contribution in [0.1, 0.15) is 11.1 Å². The summed E-state index contributed by atoms with van der Waals surface area (Å²) in [6.07, 6.45) is 1.41. The van der Waals surface area contributed by atoms with Gasteiger partial charge in [0.1, 0.15) is 29.8 Å². The molecule has 4 nitrogen and oxygen atoms in total. The Hall–Kier alpha value is -2.95. The lowest BCUT2D eigenvalue weighted by molar-refractivity contribution is -0.112. The zero-order valence-electron chi connectivity index (χ0n) is 15.5. The van der Waals surface area contributed by atoms with Gasteiger partial charge in [0.05, 0.1) is 10.2 Å². The first-order chi connectivity index (χ1) is 14.5. The number of benzene rings is 3. The van der Waals surface area contributed by atoms with Gasteiger partial charge in [-0.05, 0) is 51.8 Å². The van der Waals surface area contributed by atoms with E-state index in [2.05, 4.69) is 37.2 Å². The van der Waals surface area contributed by atoms with Gasteiger partial charge in [-0.3, -0.25) is 4.79 Å². The molecule has 0 aliphatic carbocycles. The second-order valence-corrected chi connectivity index (χ2v) is 7.95. The number of hydrogen-bond acceptors (Lipinski definition) is 3. The normalized spacial score (nSPS) is 10.9. The van der Waals surface area contributed by atoms with Crippen molar-refractivity contribution in [2.45, 2.75) is 6.61 Å². The zero-order chi connectivity index (χ0) is 21.5. The van der Waals surface area contributed by atoms with Crippen LogP contribution >= 0.6 is 31.9 Å². The molecule has 3 aromatic carbocycles. The summed E-state index contributed by atoms with van der Waals surface area (Å²) in [4.78, 5) is 12.5. The maximum Gasteiger partial charge on any atom is 0.266 e. The molecular weight excluding hydrogens is 515 g/mol. The van der Waals surface area contributed by atoms with E-state index in [1.54, 1.807) is 12.1 Å². The Kier molecular flexibility index (Phi) is 7.39. The number of carbonyl (C=O) groups excluding carboxylic acids is 1. The van der Waals surface area contributed by atoms with Gasteiger partial charge in [-0.1, -0.05) is 58.4 Å². The van der Waals surface area contributed by atoms with Crippen LogP contribution in [0.4, 0.5) is 10.1 Å². The van der Waals surface area contributed by atoms with Crippen molar-refractivity contribution in [3.8, 4) is 11.8 Å². The van der Waals surface area contributed by atoms with E-state index in [0.29, 0.717) is 22.4 Å². The average molecular weight is 530 g/mol. The van der Waals surface area contributed by atoms with Gasteiger partial charge >= 0.3 is 0 Å². The lowest BCUT2D eigenvalue weighted by atomic mass is 10.1. The van der Waals surface area contributed by atoms with E-state index in [0.717, 1.165) is 10.0 Å². The molecule has 0 unspecified atom stereocenters. The highest BCUT2D eigenvalue weighted by molar-refractivity contribution is 9.11. The van der Waals surface area contributed by atoms with Crippen LogP contribution in [0.25, 0.3) is 6.08 Å². The van der Waals surface area contributed by atoms with Crippen LogP contribution in [0.15, 0.2) is 81.2 Å². The third-order valence-electron chi connectivity index (χ3n) is 4.05. The number of hydrogen-bond donors (Lipinski definition) is 1. The van der Waals surface area contributed by atoms with E-state index >= 15 is 0 Å². The Balaban J connectivity index is 1.90. The van der Waals surface area contributed by atoms with Gasteiger partial charge in [0.25, 0.3) is 5.91 Å². The van der Waals surface area contributed by atoms with Crippen LogP contribution in [0.3, 0.4) is 0 Å². The molecular formula is C23H15Br2FN2O2. The predicted octanol–water partition coefficient (Wildman–Crippen LogP) is 6.48. The Labute approximate surface area is 190 Å². The summed E-state index contributed by atoms with van der Waals surface area (Å²) in [6.45, 7) is 0.311. The molecule has 0 aliphatic rings. The average Bonchev–Trinajstić information content (AvgIpc) is 2.73. The number of para-hydroxylation sites is 1. The fourth-order valence-electron chi connectivity index (χ4n) is 2.63. The van der Waals surface area contributed by atoms with E-state index in [4.69, 9.17) is 4.74 Å². The molecule has 1 amide bonds. The maximum atomic E-state index is 13.8. The fourth-order valence-corrected chi connectivity index (χ4v) is 4.00. The Morgan fingerprint density at radius 2 is 1.80 bits per heavy atom. The Morgan fingerprint density at radius 1 is 1.10 bits per heavy atom. The quantitative estimate of drug-likeness (QED) is 0.294. The first kappa shape index (κ1) is 21.8. The highest BCUT2D eigenvalue weighted by Gasteiger charge is 2.15. The summed E-state index contributed by atoms with van der Waals surface area (Å²) in [7, 11) is 0. The number of halogens is 3. The first-order valence-corrected chi connectivity index (χ1v) is 10.4. The van der Waals surface area contributed by atoms with Crippen molar-refractivity contribution in [1.29, 1.82) is 5.26 Å². The van der Waals surface area contributed by atoms with Gasteiger partial charge in [-0.2, -0.15) is 5.26 Å². The van der Waals surface area contributed by atoms with Gasteiger partial charge in [-0.25, -0.2) is 4.39 Å². The lowest BCUT2D eigenvalue weighted by Crippen LogP contribution is -2.14. The van der Waals surface area contributed by atoms with Crippen molar-refractivity contribution in [1.82, 2.24) is 0 Å². The molecule has 0 heterocycles. The molecule has 0 spiro atoms. The number of carbonyl (C=O) groups is 1. The highest BCUT2D eigenvalue weighted by Crippen LogP contribution is 2.35. The number of rotatable bonds is 6. The van der Waals surface area contributed by atoms with E-state index in [1.165, 1.54) is 24.3 Å². The van der Waals surface area contributed by atoms with Crippen molar-refractivity contribution in [3.63, 3.8) is 0 Å². The Bertz CT molecular complexity index is 1140. The monoisotopic (exact) mass is 528 g/mol. The van der Waals surface area contributed by atoms with Crippen LogP contribution in [0.2, 0.25) is 0 Å². The third kappa shape index (κ3) is 5.56. The molecule has 30 heavy (non-hydrogen) atoms. The summed E-state index contributed by atoms with van der Waals surface area (Å²) in [5.41, 5.74) is 1.31. The number of amides is 1. The smallest absolute Gasteiger partial charge is 0.266 e. The van der Waals surface area contributed by atoms with E-state index < -0.39 is 11.7 Å². The van der Waals surface area contributed by atoms with Crippen LogP contribution in [0.5, 0.6) is 5.75 Å². The molecule has 0 bridgehead atoms. The number of nitrogens with one attached hydrogen (secondary N) is 1. The van der Waals surface area contributed by atoms with E-state index in [1.807, 2.05) is 42.5 Å². The molecule has 0 saturated carbocycles. The van der Waals surface area contributed by atoms with Gasteiger partial charge < -0.3 is 10.1 Å². The largest absolute Gasteiger partial charge is 0.487 e. The van der Waals surface area contributed by atoms with Gasteiger partial charge in [0.15, 0.2) is 0 Å². The van der Waals surface area contributed by atoms with Gasteiger partial charge in [0, 0.05) is 10.0 Å². The summed E-state index contributed by atoms with van der Waals surface area (Å²) in [6, 6.07) is 20.8. The second-order valence-electron chi connectivity index (χ2n) is 6.18. The van der Waals surface area contributed by atoms with Crippen molar-refractivity contribution in [2.24, 2.45) is 0 Å². The standard InChI is InChI=1S/C23H15Br2FN2O2/c24-18-11-16(22(19(25)12-18)30-14-15-6-2-1-3-7-15)10-17(13-27)23(29)28-21-9-5-4-8-20(21)26/h1-12H,14H2,(H,28,29)/b17-10+. The topological polar surface area (TPSA) is 62.1 Å². The summed E-state index contributed by atoms with van der Waals surface area (Å²) in [5.74, 6) is -0.818. The first-order valence-electron chi connectivity index (χ1n) is 8.81. The molecule has 3 rings (SSSR count). The summed E-state index contributed by atoms with van der Waals surface area (Å²) < 4.78 is 21.2. The molecule has 0 radical (unpaired) electrons. The SMILES string of the molecule is N#C/C(=C\c1cc(Br)cc(Br)c1OCc1ccccc1)C(=O)Nc1ccccc1F. The van der Waals surface area contributed by atoms with Crippen LogP contribution in [0, 0.1) is 17.1 Å². The second kappa shape index (κ2) is 10.2. The summed E-state index contributed by atoms with van der Waals surface area (Å²) in [5, 5.41) is 11.9. The Morgan fingerprint density at radius 3 is 2.50 bits per heavy atom. The van der Waals surface area contributed by atoms with E-state index in [-0.39, 0.29) is 11.3 Å². The minimum atomic E-state index is -0.715. The molecule has 0 fully saturated rings. The third-order valence-corrected chi connectivity index (χ3v) is 5.10. The number of anilines is 1. The molecule has 1 N–H and O–H groups in total. The van der Waals surface area contributed by atoms with Crippen LogP contribution in [-0.2, 0) is 11.4 Å². The number of nitriles is 1. The molecule has 150 valence electrons. The molecule has 3 aromatic rings. The summed E-state index contributed by atoms with van der Waals surface area (Å²) >= 11 is 6.87. The molecule has 0 aliphatic heterocycles.